The molecule has 0 saturated heterocycles. The number of thioether (sulfide) groups is 1. The number of fused-ring (bicyclic) bond motifs is 2. The summed E-state index contributed by atoms with van der Waals surface area (Å²) >= 11 is 1.72. The Labute approximate surface area is 197 Å². The normalized spacial score (nSPS) is 20.9. The van der Waals surface area contributed by atoms with E-state index in [1.54, 1.807) is 11.8 Å². The fourth-order valence-corrected chi connectivity index (χ4v) is 5.35. The molecule has 2 heterocycles. The van der Waals surface area contributed by atoms with Gasteiger partial charge in [-0.1, -0.05) is 30.3 Å². The van der Waals surface area contributed by atoms with Gasteiger partial charge in [0, 0.05) is 22.6 Å². The Morgan fingerprint density at radius 1 is 0.879 bits per heavy atom. The van der Waals surface area contributed by atoms with Crippen LogP contribution in [0.4, 0.5) is 11.4 Å². The van der Waals surface area contributed by atoms with E-state index in [4.69, 9.17) is 9.47 Å². The van der Waals surface area contributed by atoms with Crippen LogP contribution in [0.1, 0.15) is 35.9 Å². The highest BCUT2D eigenvalue weighted by Crippen LogP contribution is 2.45. The van der Waals surface area contributed by atoms with Crippen molar-refractivity contribution >= 4 is 28.9 Å². The lowest BCUT2D eigenvalue weighted by Gasteiger charge is -2.30. The summed E-state index contributed by atoms with van der Waals surface area (Å²) in [7, 11) is 0. The Hall–Kier alpha value is -3.38. The standard InChI is InChI=1S/C27H24N2O3S/c1-33-19-9-6-16(7-10-19)27-26-22(28-20-4-2-3-5-21(20)29-27)12-18(13-23(26)30)17-8-11-24-25(14-17)32-15-31-24/h2-11,14,18,27-29H,12-13,15H2,1H3/t18-,27-/m1/s1. The number of hydrogen-bond donors (Lipinski definition) is 2. The first-order valence-electron chi connectivity index (χ1n) is 11.1. The Morgan fingerprint density at radius 2 is 1.64 bits per heavy atom. The zero-order chi connectivity index (χ0) is 22.4. The molecule has 6 heteroatoms. The molecule has 2 N–H and O–H groups in total. The van der Waals surface area contributed by atoms with Crippen molar-refractivity contribution in [1.82, 2.24) is 0 Å². The minimum absolute atomic E-state index is 0.0861. The number of hydrogen-bond acceptors (Lipinski definition) is 6. The molecule has 0 aromatic heterocycles. The highest BCUT2D eigenvalue weighted by Gasteiger charge is 2.36. The lowest BCUT2D eigenvalue weighted by Crippen LogP contribution is -2.26. The number of nitrogens with one attached hydrogen (secondary N) is 2. The predicted molar refractivity (Wildman–Crippen MR) is 131 cm³/mol. The van der Waals surface area contributed by atoms with Gasteiger partial charge in [-0.25, -0.2) is 0 Å². The third-order valence-corrected chi connectivity index (χ3v) is 7.37. The lowest BCUT2D eigenvalue weighted by molar-refractivity contribution is -0.116. The van der Waals surface area contributed by atoms with E-state index in [2.05, 4.69) is 59.4 Å². The molecule has 33 heavy (non-hydrogen) atoms. The summed E-state index contributed by atoms with van der Waals surface area (Å²) in [4.78, 5) is 14.9. The van der Waals surface area contributed by atoms with Crippen LogP contribution >= 0.6 is 11.8 Å². The summed E-state index contributed by atoms with van der Waals surface area (Å²) in [6.07, 6.45) is 3.30. The number of anilines is 2. The largest absolute Gasteiger partial charge is 0.454 e. The Bertz CT molecular complexity index is 1270. The third-order valence-electron chi connectivity index (χ3n) is 6.63. The van der Waals surface area contributed by atoms with Crippen molar-refractivity contribution in [1.29, 1.82) is 0 Å². The van der Waals surface area contributed by atoms with E-state index in [0.29, 0.717) is 6.42 Å². The Balaban J connectivity index is 1.41. The number of allylic oxidation sites excluding steroid dienone is 1. The second-order valence-electron chi connectivity index (χ2n) is 8.55. The molecule has 0 bridgehead atoms. The molecule has 0 amide bonds. The van der Waals surface area contributed by atoms with E-state index < -0.39 is 0 Å². The van der Waals surface area contributed by atoms with Gasteiger partial charge in [-0.05, 0) is 66.1 Å². The minimum atomic E-state index is -0.197. The van der Waals surface area contributed by atoms with E-state index >= 15 is 0 Å². The first-order chi connectivity index (χ1) is 16.2. The van der Waals surface area contributed by atoms with Crippen LogP contribution in [0.3, 0.4) is 0 Å². The molecule has 2 aliphatic heterocycles. The molecule has 5 nitrogen and oxygen atoms in total. The van der Waals surface area contributed by atoms with E-state index in [9.17, 15) is 4.79 Å². The van der Waals surface area contributed by atoms with E-state index in [-0.39, 0.29) is 24.5 Å². The minimum Gasteiger partial charge on any atom is -0.454 e. The van der Waals surface area contributed by atoms with Crippen molar-refractivity contribution in [3.63, 3.8) is 0 Å². The smallest absolute Gasteiger partial charge is 0.231 e. The van der Waals surface area contributed by atoms with E-state index in [1.165, 1.54) is 4.90 Å². The highest BCUT2D eigenvalue weighted by atomic mass is 32.2. The predicted octanol–water partition coefficient (Wildman–Crippen LogP) is 6.12. The first-order valence-corrected chi connectivity index (χ1v) is 12.3. The monoisotopic (exact) mass is 456 g/mol. The SMILES string of the molecule is CSc1ccc([C@H]2Nc3ccccc3NC3=C2C(=O)C[C@H](c2ccc4c(c2)OCO4)C3)cc1. The van der Waals surface area contributed by atoms with Gasteiger partial charge in [0.05, 0.1) is 17.4 Å². The average molecular weight is 457 g/mol. The van der Waals surface area contributed by atoms with Crippen molar-refractivity contribution < 1.29 is 14.3 Å². The summed E-state index contributed by atoms with van der Waals surface area (Å²) in [6.45, 7) is 0.249. The average Bonchev–Trinajstić information content (AvgIpc) is 3.25. The van der Waals surface area contributed by atoms with Crippen molar-refractivity contribution in [2.24, 2.45) is 0 Å². The van der Waals surface area contributed by atoms with Crippen LogP contribution in [-0.4, -0.2) is 18.8 Å². The highest BCUT2D eigenvalue weighted by molar-refractivity contribution is 7.98. The molecule has 3 aromatic carbocycles. The summed E-state index contributed by atoms with van der Waals surface area (Å²) in [5.74, 6) is 1.78. The maximum absolute atomic E-state index is 13.7. The fraction of sp³-hybridized carbons (Fsp3) is 0.222. The van der Waals surface area contributed by atoms with Gasteiger partial charge < -0.3 is 20.1 Å². The number of Topliss-reactive ketones (excluding diaryl/α,β-unsaturated/α-hetero) is 1. The molecule has 166 valence electrons. The number of carbonyl (C=O) groups excluding carboxylic acids is 1. The van der Waals surface area contributed by atoms with Crippen LogP contribution in [0.5, 0.6) is 11.5 Å². The molecular weight excluding hydrogens is 432 g/mol. The molecule has 6 rings (SSSR count). The maximum atomic E-state index is 13.7. The molecular formula is C27H24N2O3S. The molecule has 0 radical (unpaired) electrons. The van der Waals surface area contributed by atoms with Gasteiger partial charge in [-0.3, -0.25) is 4.79 Å². The van der Waals surface area contributed by atoms with Crippen LogP contribution in [0, 0.1) is 0 Å². The first kappa shape index (κ1) is 20.2. The van der Waals surface area contributed by atoms with Gasteiger partial charge in [-0.15, -0.1) is 11.8 Å². The van der Waals surface area contributed by atoms with Gasteiger partial charge >= 0.3 is 0 Å². The third kappa shape index (κ3) is 3.64. The zero-order valence-electron chi connectivity index (χ0n) is 18.3. The molecule has 3 aliphatic rings. The summed E-state index contributed by atoms with van der Waals surface area (Å²) in [5.41, 5.74) is 6.01. The van der Waals surface area contributed by atoms with Gasteiger partial charge in [0.2, 0.25) is 6.79 Å². The zero-order valence-corrected chi connectivity index (χ0v) is 19.1. The number of benzene rings is 3. The summed E-state index contributed by atoms with van der Waals surface area (Å²) in [6, 6.07) is 22.5. The van der Waals surface area contributed by atoms with Crippen LogP contribution < -0.4 is 20.1 Å². The number of ketones is 1. The van der Waals surface area contributed by atoms with Crippen molar-refractivity contribution in [2.75, 3.05) is 23.7 Å². The lowest BCUT2D eigenvalue weighted by atomic mass is 9.78. The molecule has 0 saturated carbocycles. The Kier molecular flexibility index (Phi) is 5.03. The number of ether oxygens (including phenoxy) is 2. The summed E-state index contributed by atoms with van der Waals surface area (Å²) in [5, 5.41) is 7.25. The quantitative estimate of drug-likeness (QED) is 0.463. The van der Waals surface area contributed by atoms with E-state index in [0.717, 1.165) is 51.7 Å². The van der Waals surface area contributed by atoms with Gasteiger partial charge in [-0.2, -0.15) is 0 Å². The summed E-state index contributed by atoms with van der Waals surface area (Å²) < 4.78 is 11.0. The van der Waals surface area contributed by atoms with E-state index in [1.807, 2.05) is 24.3 Å². The van der Waals surface area contributed by atoms with Crippen LogP contribution in [-0.2, 0) is 4.79 Å². The molecule has 0 unspecified atom stereocenters. The molecule has 0 fully saturated rings. The van der Waals surface area contributed by atoms with Crippen LogP contribution in [0.15, 0.2) is 82.9 Å². The van der Waals surface area contributed by atoms with Gasteiger partial charge in [0.15, 0.2) is 17.3 Å². The fourth-order valence-electron chi connectivity index (χ4n) is 4.94. The number of rotatable bonds is 3. The second kappa shape index (κ2) is 8.19. The number of para-hydroxylation sites is 2. The molecule has 1 aliphatic carbocycles. The Morgan fingerprint density at radius 3 is 2.45 bits per heavy atom. The van der Waals surface area contributed by atoms with Crippen molar-refractivity contribution in [3.8, 4) is 11.5 Å². The van der Waals surface area contributed by atoms with Crippen LogP contribution in [0.2, 0.25) is 0 Å². The second-order valence-corrected chi connectivity index (χ2v) is 9.43. The van der Waals surface area contributed by atoms with Gasteiger partial charge in [0.1, 0.15) is 0 Å². The van der Waals surface area contributed by atoms with Crippen LogP contribution in [0.25, 0.3) is 0 Å². The number of carbonyl (C=O) groups is 1. The molecule has 3 aromatic rings. The molecule has 2 atom stereocenters. The van der Waals surface area contributed by atoms with Crippen molar-refractivity contribution in [2.45, 2.75) is 29.7 Å². The van der Waals surface area contributed by atoms with Gasteiger partial charge in [0.25, 0.3) is 0 Å². The maximum Gasteiger partial charge on any atom is 0.231 e. The molecule has 0 spiro atoms. The van der Waals surface area contributed by atoms with Crippen molar-refractivity contribution in [3.05, 3.63) is 89.1 Å². The topological polar surface area (TPSA) is 59.6 Å².